The molecule has 0 aliphatic carbocycles. The largest absolute Gasteiger partial charge is 0.478 e. The summed E-state index contributed by atoms with van der Waals surface area (Å²) in [5, 5.41) is 8.00. The van der Waals surface area contributed by atoms with Gasteiger partial charge in [-0.3, -0.25) is 0 Å². The number of carbonyl (C=O) groups is 1. The van der Waals surface area contributed by atoms with E-state index in [2.05, 4.69) is 4.94 Å². The molecule has 0 aliphatic rings. The van der Waals surface area contributed by atoms with Crippen LogP contribution < -0.4 is 0 Å². The monoisotopic (exact) mass is 120 g/mol. The maximum atomic E-state index is 10.8. The second-order valence-electron chi connectivity index (χ2n) is 1.20. The molecular weight excluding hydrogens is 115 g/mol. The Morgan fingerprint density at radius 2 is 2.38 bits per heavy atom. The van der Waals surface area contributed by atoms with Gasteiger partial charge in [0.1, 0.15) is 6.26 Å². The Labute approximate surface area is 45.3 Å². The van der Waals surface area contributed by atoms with Crippen LogP contribution in [0.4, 0.5) is 4.53 Å². The molecule has 0 spiro atoms. The van der Waals surface area contributed by atoms with E-state index >= 15 is 0 Å². The highest BCUT2D eigenvalue weighted by molar-refractivity contribution is 5.85. The van der Waals surface area contributed by atoms with Gasteiger partial charge in [-0.1, -0.05) is 0 Å². The summed E-state index contributed by atoms with van der Waals surface area (Å²) in [6, 6.07) is 0. The second-order valence-corrected chi connectivity index (χ2v) is 1.20. The first-order valence-corrected chi connectivity index (χ1v) is 1.86. The number of rotatable bonds is 2. The molecule has 1 N–H and O–H groups in total. The van der Waals surface area contributed by atoms with E-state index in [1.165, 1.54) is 6.92 Å². The summed E-state index contributed by atoms with van der Waals surface area (Å²) in [7, 11) is 0. The summed E-state index contributed by atoms with van der Waals surface area (Å²) in [5.41, 5.74) is -0.174. The van der Waals surface area contributed by atoms with E-state index in [1.807, 2.05) is 0 Å². The molecule has 0 saturated carbocycles. The van der Waals surface area contributed by atoms with Gasteiger partial charge in [-0.2, -0.15) is 0 Å². The van der Waals surface area contributed by atoms with Gasteiger partial charge >= 0.3 is 5.97 Å². The Bertz CT molecular complexity index is 118. The van der Waals surface area contributed by atoms with E-state index in [4.69, 9.17) is 5.11 Å². The van der Waals surface area contributed by atoms with Crippen molar-refractivity contribution in [2.24, 2.45) is 0 Å². The van der Waals surface area contributed by atoms with Gasteiger partial charge in [0, 0.05) is 4.53 Å². The van der Waals surface area contributed by atoms with Crippen molar-refractivity contribution in [2.75, 3.05) is 0 Å². The maximum absolute atomic E-state index is 10.8. The lowest BCUT2D eigenvalue weighted by Crippen LogP contribution is -1.95. The van der Waals surface area contributed by atoms with Crippen LogP contribution in [0, 0.1) is 0 Å². The summed E-state index contributed by atoms with van der Waals surface area (Å²) in [6.07, 6.45) is 0.516. The lowest BCUT2D eigenvalue weighted by molar-refractivity contribution is -0.133. The molecule has 0 bridgehead atoms. The Balaban J connectivity index is 3.80. The van der Waals surface area contributed by atoms with Crippen molar-refractivity contribution in [1.29, 1.82) is 0 Å². The van der Waals surface area contributed by atoms with E-state index < -0.39 is 5.97 Å². The Morgan fingerprint density at radius 3 is 2.50 bits per heavy atom. The molecule has 4 heteroatoms. The molecule has 0 rings (SSSR count). The molecular formula is C4H5FO3. The van der Waals surface area contributed by atoms with Crippen molar-refractivity contribution in [3.05, 3.63) is 11.8 Å². The predicted molar refractivity (Wildman–Crippen MR) is 23.6 cm³/mol. The van der Waals surface area contributed by atoms with Gasteiger partial charge in [-0.05, 0) is 6.92 Å². The topological polar surface area (TPSA) is 46.5 Å². The number of hydrogen-bond donors (Lipinski definition) is 1. The Morgan fingerprint density at radius 1 is 1.88 bits per heavy atom. The standard InChI is InChI=1S/C4H5FO3/c1-3(2-8-5)4(6)7/h2H,1H3,(H,6,7). The molecule has 0 aromatic heterocycles. The zero-order chi connectivity index (χ0) is 6.57. The predicted octanol–water partition coefficient (Wildman–Crippen LogP) is 0.876. The molecule has 46 valence electrons. The third-order valence-electron chi connectivity index (χ3n) is 0.559. The molecule has 0 radical (unpaired) electrons. The smallest absolute Gasteiger partial charge is 0.334 e. The number of halogens is 1. The minimum absolute atomic E-state index is 0.174. The van der Waals surface area contributed by atoms with Gasteiger partial charge in [0.2, 0.25) is 0 Å². The number of carboxylic acid groups (broad SMARTS) is 1. The molecule has 0 aliphatic heterocycles. The third kappa shape index (κ3) is 2.17. The van der Waals surface area contributed by atoms with E-state index in [1.54, 1.807) is 0 Å². The number of aliphatic carboxylic acids is 1. The van der Waals surface area contributed by atoms with Crippen LogP contribution in [0.1, 0.15) is 6.92 Å². The van der Waals surface area contributed by atoms with Crippen LogP contribution in [0.3, 0.4) is 0 Å². The van der Waals surface area contributed by atoms with Gasteiger partial charge < -0.3 is 10.0 Å². The summed E-state index contributed by atoms with van der Waals surface area (Å²) in [6.45, 7) is 1.22. The zero-order valence-corrected chi connectivity index (χ0v) is 4.22. The normalized spacial score (nSPS) is 11.0. The lowest BCUT2D eigenvalue weighted by atomic mass is 10.4. The van der Waals surface area contributed by atoms with E-state index in [0.717, 1.165) is 0 Å². The fourth-order valence-corrected chi connectivity index (χ4v) is 0.117. The first-order chi connectivity index (χ1) is 3.68. The van der Waals surface area contributed by atoms with Crippen molar-refractivity contribution in [2.45, 2.75) is 6.92 Å². The minimum atomic E-state index is -1.19. The highest BCUT2D eigenvalue weighted by Crippen LogP contribution is 1.91. The van der Waals surface area contributed by atoms with Crippen LogP contribution in [0.25, 0.3) is 0 Å². The molecule has 0 fully saturated rings. The maximum Gasteiger partial charge on any atom is 0.334 e. The quantitative estimate of drug-likeness (QED) is 0.434. The molecule has 0 atom stereocenters. The first-order valence-electron chi connectivity index (χ1n) is 1.86. The highest BCUT2D eigenvalue weighted by Gasteiger charge is 1.97. The first kappa shape index (κ1) is 6.94. The second kappa shape index (κ2) is 3.01. The van der Waals surface area contributed by atoms with Gasteiger partial charge in [0.05, 0.1) is 5.57 Å². The van der Waals surface area contributed by atoms with Crippen LogP contribution >= 0.6 is 0 Å². The Hall–Kier alpha value is -1.06. The van der Waals surface area contributed by atoms with Crippen LogP contribution in [0.2, 0.25) is 0 Å². The van der Waals surface area contributed by atoms with E-state index in [9.17, 15) is 9.32 Å². The fourth-order valence-electron chi connectivity index (χ4n) is 0.117. The highest BCUT2D eigenvalue weighted by atomic mass is 19.3. The molecule has 8 heavy (non-hydrogen) atoms. The third-order valence-corrected chi connectivity index (χ3v) is 0.559. The van der Waals surface area contributed by atoms with Crippen molar-refractivity contribution in [3.63, 3.8) is 0 Å². The van der Waals surface area contributed by atoms with Crippen LogP contribution in [-0.2, 0) is 9.74 Å². The molecule has 0 amide bonds. The van der Waals surface area contributed by atoms with E-state index in [0.29, 0.717) is 6.26 Å². The van der Waals surface area contributed by atoms with Crippen molar-refractivity contribution >= 4 is 5.97 Å². The average Bonchev–Trinajstić information content (AvgIpc) is 1.67. The summed E-state index contributed by atoms with van der Waals surface area (Å²) < 4.78 is 10.8. The van der Waals surface area contributed by atoms with Crippen LogP contribution in [0.15, 0.2) is 11.8 Å². The number of hydrogen-bond acceptors (Lipinski definition) is 2. The summed E-state index contributed by atoms with van der Waals surface area (Å²) >= 11 is 0. The zero-order valence-electron chi connectivity index (χ0n) is 4.22. The van der Waals surface area contributed by atoms with Crippen molar-refractivity contribution in [1.82, 2.24) is 0 Å². The van der Waals surface area contributed by atoms with Gasteiger partial charge in [-0.15, -0.1) is 0 Å². The summed E-state index contributed by atoms with van der Waals surface area (Å²) in [4.78, 5) is 12.7. The average molecular weight is 120 g/mol. The molecule has 0 aromatic carbocycles. The molecule has 0 unspecified atom stereocenters. The molecule has 0 aromatic rings. The summed E-state index contributed by atoms with van der Waals surface area (Å²) in [5.74, 6) is -1.19. The minimum Gasteiger partial charge on any atom is -0.478 e. The van der Waals surface area contributed by atoms with Gasteiger partial charge in [0.15, 0.2) is 0 Å². The molecule has 0 saturated heterocycles. The molecule has 3 nitrogen and oxygen atoms in total. The van der Waals surface area contributed by atoms with Gasteiger partial charge in [-0.25, -0.2) is 4.79 Å². The lowest BCUT2D eigenvalue weighted by Gasteiger charge is -1.85. The SMILES string of the molecule is CC(=COF)C(=O)O. The van der Waals surface area contributed by atoms with Crippen LogP contribution in [0.5, 0.6) is 0 Å². The fraction of sp³-hybridized carbons (Fsp3) is 0.250. The van der Waals surface area contributed by atoms with Crippen molar-refractivity contribution < 1.29 is 19.4 Å². The number of carboxylic acids is 1. The molecule has 0 heterocycles. The van der Waals surface area contributed by atoms with E-state index in [-0.39, 0.29) is 5.57 Å². The van der Waals surface area contributed by atoms with Crippen molar-refractivity contribution in [3.8, 4) is 0 Å². The Kier molecular flexibility index (Phi) is 2.61. The van der Waals surface area contributed by atoms with Gasteiger partial charge in [0.25, 0.3) is 0 Å². The van der Waals surface area contributed by atoms with Crippen LogP contribution in [-0.4, -0.2) is 11.1 Å².